The molecule has 1 fully saturated rings. The fourth-order valence-corrected chi connectivity index (χ4v) is 3.88. The molecule has 3 rings (SSSR count). The maximum absolute atomic E-state index is 6.00. The van der Waals surface area contributed by atoms with E-state index in [9.17, 15) is 0 Å². The molecule has 25 heavy (non-hydrogen) atoms. The molecule has 0 atom stereocenters. The van der Waals surface area contributed by atoms with Crippen LogP contribution in [-0.2, 0) is 5.41 Å². The summed E-state index contributed by atoms with van der Waals surface area (Å²) in [5, 5.41) is 0. The third-order valence-electron chi connectivity index (χ3n) is 5.11. The van der Waals surface area contributed by atoms with Crippen LogP contribution in [-0.4, -0.2) is 27.3 Å². The Labute approximate surface area is 154 Å². The molecular weight excluding hydrogens is 334 g/mol. The smallest absolute Gasteiger partial charge is 0.142 e. The van der Waals surface area contributed by atoms with Crippen molar-refractivity contribution in [2.75, 3.05) is 32.2 Å². The van der Waals surface area contributed by atoms with Gasteiger partial charge in [0.05, 0.1) is 19.9 Å². The van der Waals surface area contributed by atoms with Crippen LogP contribution < -0.4 is 14.4 Å². The van der Waals surface area contributed by atoms with Crippen molar-refractivity contribution in [2.24, 2.45) is 0 Å². The second kappa shape index (κ2) is 7.83. The highest BCUT2D eigenvalue weighted by atomic mass is 35.5. The Morgan fingerprint density at radius 2 is 1.76 bits per heavy atom. The minimum atomic E-state index is -0.0607. The van der Waals surface area contributed by atoms with E-state index in [2.05, 4.69) is 35.2 Å². The molecule has 4 heteroatoms. The Morgan fingerprint density at radius 3 is 2.44 bits per heavy atom. The Kier molecular flexibility index (Phi) is 5.54. The van der Waals surface area contributed by atoms with Crippen molar-refractivity contribution in [3.05, 3.63) is 65.7 Å². The van der Waals surface area contributed by atoms with Gasteiger partial charge < -0.3 is 14.4 Å². The van der Waals surface area contributed by atoms with Crippen LogP contribution in [0.1, 0.15) is 18.4 Å². The number of piperidine rings is 1. The number of anilines is 1. The standard InChI is InChI=1S/C21H24ClNO2/c1-24-18-7-5-6-17(16-18)21(10-13-22)11-14-23(15-12-21)19-8-3-4-9-20(19)25-2/h3-10,13,16H,11-12,14-15H2,1-2H3. The molecule has 1 aliphatic rings. The number of hydrogen-bond acceptors (Lipinski definition) is 3. The Morgan fingerprint density at radius 1 is 1.00 bits per heavy atom. The molecule has 0 spiro atoms. The average Bonchev–Trinajstić information content (AvgIpc) is 2.69. The number of allylic oxidation sites excluding steroid dienone is 1. The number of hydrogen-bond donors (Lipinski definition) is 0. The van der Waals surface area contributed by atoms with Crippen LogP contribution in [0, 0.1) is 0 Å². The Hall–Kier alpha value is -2.13. The summed E-state index contributed by atoms with van der Waals surface area (Å²) in [7, 11) is 3.42. The van der Waals surface area contributed by atoms with E-state index in [-0.39, 0.29) is 5.41 Å². The van der Waals surface area contributed by atoms with Gasteiger partial charge in [0.1, 0.15) is 11.5 Å². The SMILES string of the molecule is COc1cccc(C2(C=CCl)CCN(c3ccccc3OC)CC2)c1. The molecule has 0 bridgehead atoms. The molecule has 0 aliphatic carbocycles. The van der Waals surface area contributed by atoms with Gasteiger partial charge in [-0.25, -0.2) is 0 Å². The van der Waals surface area contributed by atoms with Gasteiger partial charge in [-0.2, -0.15) is 0 Å². The molecule has 1 saturated heterocycles. The second-order valence-corrected chi connectivity index (χ2v) is 6.59. The molecule has 2 aromatic rings. The van der Waals surface area contributed by atoms with Crippen molar-refractivity contribution in [3.8, 4) is 11.5 Å². The number of rotatable bonds is 5. The maximum atomic E-state index is 6.00. The van der Waals surface area contributed by atoms with Gasteiger partial charge in [-0.1, -0.05) is 41.9 Å². The van der Waals surface area contributed by atoms with Crippen LogP contribution in [0.2, 0.25) is 0 Å². The quantitative estimate of drug-likeness (QED) is 0.752. The molecule has 132 valence electrons. The van der Waals surface area contributed by atoms with E-state index in [0.717, 1.165) is 43.1 Å². The Bertz CT molecular complexity index is 736. The zero-order chi connectivity index (χ0) is 17.7. The highest BCUT2D eigenvalue weighted by molar-refractivity contribution is 6.25. The van der Waals surface area contributed by atoms with E-state index in [4.69, 9.17) is 21.1 Å². The molecular formula is C21H24ClNO2. The summed E-state index contributed by atoms with van der Waals surface area (Å²) in [5.41, 5.74) is 4.00. The molecule has 0 aromatic heterocycles. The fourth-order valence-electron chi connectivity index (χ4n) is 3.64. The minimum Gasteiger partial charge on any atom is -0.497 e. The molecule has 3 nitrogen and oxygen atoms in total. The molecule has 2 aromatic carbocycles. The molecule has 0 amide bonds. The van der Waals surface area contributed by atoms with Gasteiger partial charge in [0.2, 0.25) is 0 Å². The lowest BCUT2D eigenvalue weighted by molar-refractivity contribution is 0.386. The van der Waals surface area contributed by atoms with Gasteiger partial charge >= 0.3 is 0 Å². The first kappa shape index (κ1) is 17.7. The molecule has 1 aliphatic heterocycles. The van der Waals surface area contributed by atoms with Crippen molar-refractivity contribution >= 4 is 17.3 Å². The second-order valence-electron chi connectivity index (χ2n) is 6.34. The normalized spacial score (nSPS) is 16.8. The van der Waals surface area contributed by atoms with Crippen molar-refractivity contribution in [2.45, 2.75) is 18.3 Å². The Balaban J connectivity index is 1.85. The summed E-state index contributed by atoms with van der Waals surface area (Å²) < 4.78 is 10.9. The number of nitrogens with zero attached hydrogens (tertiary/aromatic N) is 1. The minimum absolute atomic E-state index is 0.0607. The molecule has 0 saturated carbocycles. The molecule has 0 N–H and O–H groups in total. The van der Waals surface area contributed by atoms with Gasteiger partial charge in [-0.15, -0.1) is 0 Å². The lowest BCUT2D eigenvalue weighted by Crippen LogP contribution is -2.41. The van der Waals surface area contributed by atoms with Gasteiger partial charge in [0, 0.05) is 24.0 Å². The van der Waals surface area contributed by atoms with E-state index in [0.29, 0.717) is 0 Å². The van der Waals surface area contributed by atoms with Crippen LogP contribution in [0.15, 0.2) is 60.1 Å². The summed E-state index contributed by atoms with van der Waals surface area (Å²) in [6.45, 7) is 1.89. The van der Waals surface area contributed by atoms with Gasteiger partial charge in [0.25, 0.3) is 0 Å². The first-order chi connectivity index (χ1) is 12.2. The monoisotopic (exact) mass is 357 g/mol. The fraction of sp³-hybridized carbons (Fsp3) is 0.333. The zero-order valence-electron chi connectivity index (χ0n) is 14.7. The van der Waals surface area contributed by atoms with Gasteiger partial charge in [-0.05, 0) is 42.7 Å². The summed E-state index contributed by atoms with van der Waals surface area (Å²) >= 11 is 6.00. The van der Waals surface area contributed by atoms with Gasteiger partial charge in [-0.3, -0.25) is 0 Å². The van der Waals surface area contributed by atoms with Crippen LogP contribution in [0.4, 0.5) is 5.69 Å². The van der Waals surface area contributed by atoms with E-state index in [1.165, 1.54) is 5.56 Å². The van der Waals surface area contributed by atoms with E-state index in [1.807, 2.05) is 24.3 Å². The summed E-state index contributed by atoms with van der Waals surface area (Å²) in [6, 6.07) is 16.5. The van der Waals surface area contributed by atoms with Crippen molar-refractivity contribution in [3.63, 3.8) is 0 Å². The number of halogens is 1. The number of para-hydroxylation sites is 2. The van der Waals surface area contributed by atoms with E-state index < -0.39 is 0 Å². The largest absolute Gasteiger partial charge is 0.497 e. The maximum Gasteiger partial charge on any atom is 0.142 e. The zero-order valence-corrected chi connectivity index (χ0v) is 15.5. The molecule has 0 unspecified atom stereocenters. The van der Waals surface area contributed by atoms with Crippen LogP contribution in [0.3, 0.4) is 0 Å². The molecule has 1 heterocycles. The van der Waals surface area contributed by atoms with Gasteiger partial charge in [0.15, 0.2) is 0 Å². The highest BCUT2D eigenvalue weighted by Crippen LogP contribution is 2.41. The first-order valence-corrected chi connectivity index (χ1v) is 8.96. The first-order valence-electron chi connectivity index (χ1n) is 8.53. The summed E-state index contributed by atoms with van der Waals surface area (Å²) in [6.07, 6.45) is 4.10. The number of methoxy groups -OCH3 is 2. The lowest BCUT2D eigenvalue weighted by atomic mass is 9.73. The summed E-state index contributed by atoms with van der Waals surface area (Å²) in [4.78, 5) is 2.39. The lowest BCUT2D eigenvalue weighted by Gasteiger charge is -2.41. The average molecular weight is 358 g/mol. The molecule has 0 radical (unpaired) electrons. The van der Waals surface area contributed by atoms with Crippen molar-refractivity contribution in [1.82, 2.24) is 0 Å². The number of ether oxygens (including phenoxy) is 2. The van der Waals surface area contributed by atoms with Crippen LogP contribution >= 0.6 is 11.6 Å². The highest BCUT2D eigenvalue weighted by Gasteiger charge is 2.34. The van der Waals surface area contributed by atoms with Crippen molar-refractivity contribution < 1.29 is 9.47 Å². The van der Waals surface area contributed by atoms with E-state index >= 15 is 0 Å². The third kappa shape index (κ3) is 3.62. The topological polar surface area (TPSA) is 21.7 Å². The third-order valence-corrected chi connectivity index (χ3v) is 5.23. The van der Waals surface area contributed by atoms with Crippen LogP contribution in [0.5, 0.6) is 11.5 Å². The van der Waals surface area contributed by atoms with Crippen molar-refractivity contribution in [1.29, 1.82) is 0 Å². The summed E-state index contributed by atoms with van der Waals surface area (Å²) in [5.74, 6) is 1.80. The van der Waals surface area contributed by atoms with Crippen LogP contribution in [0.25, 0.3) is 0 Å². The predicted octanol–water partition coefficient (Wildman–Crippen LogP) is 4.99. The predicted molar refractivity (Wildman–Crippen MR) is 104 cm³/mol. The number of benzene rings is 2. The van der Waals surface area contributed by atoms with E-state index in [1.54, 1.807) is 19.8 Å².